The average Bonchev–Trinajstić information content (AvgIpc) is 2.83. The second kappa shape index (κ2) is 6.86. The summed E-state index contributed by atoms with van der Waals surface area (Å²) in [6.07, 6.45) is -1.50. The molecule has 1 saturated heterocycles. The third-order valence-corrected chi connectivity index (χ3v) is 3.38. The smallest absolute Gasteiger partial charge is 0.330 e. The molecule has 3 atom stereocenters. The van der Waals surface area contributed by atoms with E-state index in [0.717, 1.165) is 4.57 Å². The van der Waals surface area contributed by atoms with Gasteiger partial charge in [-0.05, 0) is 6.92 Å². The van der Waals surface area contributed by atoms with Crippen LogP contribution >= 0.6 is 0 Å². The van der Waals surface area contributed by atoms with Crippen molar-refractivity contribution >= 4 is 5.97 Å². The van der Waals surface area contributed by atoms with E-state index >= 15 is 0 Å². The average molecular weight is 314 g/mol. The maximum Gasteiger partial charge on any atom is 0.330 e. The maximum atomic E-state index is 11.9. The zero-order valence-corrected chi connectivity index (χ0v) is 12.0. The van der Waals surface area contributed by atoms with E-state index in [1.54, 1.807) is 6.92 Å². The van der Waals surface area contributed by atoms with Crippen molar-refractivity contribution in [2.75, 3.05) is 13.2 Å². The molecular formula is C13H18N2O7. The fourth-order valence-electron chi connectivity index (χ4n) is 2.28. The van der Waals surface area contributed by atoms with Gasteiger partial charge in [0, 0.05) is 18.2 Å². The van der Waals surface area contributed by atoms with Gasteiger partial charge >= 0.3 is 11.7 Å². The second-order valence-corrected chi connectivity index (χ2v) is 4.92. The monoisotopic (exact) mass is 314 g/mol. The van der Waals surface area contributed by atoms with Crippen LogP contribution in [0.25, 0.3) is 0 Å². The van der Waals surface area contributed by atoms with Crippen LogP contribution in [0.3, 0.4) is 0 Å². The Bertz CT molecular complexity index is 651. The van der Waals surface area contributed by atoms with Crippen molar-refractivity contribution in [3.63, 3.8) is 0 Å². The van der Waals surface area contributed by atoms with Gasteiger partial charge in [0.2, 0.25) is 0 Å². The lowest BCUT2D eigenvalue weighted by Crippen LogP contribution is -2.35. The van der Waals surface area contributed by atoms with E-state index in [-0.39, 0.29) is 31.6 Å². The summed E-state index contributed by atoms with van der Waals surface area (Å²) < 4.78 is 11.2. The summed E-state index contributed by atoms with van der Waals surface area (Å²) in [5.74, 6) is -0.584. The summed E-state index contributed by atoms with van der Waals surface area (Å²) in [7, 11) is 0. The molecule has 0 aromatic carbocycles. The summed E-state index contributed by atoms with van der Waals surface area (Å²) in [5.41, 5.74) is -1.33. The van der Waals surface area contributed by atoms with Crippen LogP contribution < -0.4 is 11.2 Å². The highest BCUT2D eigenvalue weighted by Crippen LogP contribution is 2.27. The number of hydrogen-bond acceptors (Lipinski definition) is 7. The molecule has 0 radical (unpaired) electrons. The number of aromatic nitrogens is 2. The number of esters is 1. The number of carbonyl (C=O) groups excluding carboxylic acids is 1. The fraction of sp³-hybridized carbons (Fsp3) is 0.615. The number of carbonyl (C=O) groups is 1. The van der Waals surface area contributed by atoms with Gasteiger partial charge in [0.25, 0.3) is 5.56 Å². The topological polar surface area (TPSA) is 131 Å². The van der Waals surface area contributed by atoms with Crippen molar-refractivity contribution in [1.82, 2.24) is 9.55 Å². The van der Waals surface area contributed by atoms with Gasteiger partial charge in [-0.1, -0.05) is 0 Å². The highest BCUT2D eigenvalue weighted by molar-refractivity contribution is 5.72. The lowest BCUT2D eigenvalue weighted by Gasteiger charge is -2.15. The largest absolute Gasteiger partial charge is 0.466 e. The molecular weight excluding hydrogens is 296 g/mol. The summed E-state index contributed by atoms with van der Waals surface area (Å²) >= 11 is 0. The van der Waals surface area contributed by atoms with Gasteiger partial charge in [0.15, 0.2) is 0 Å². The van der Waals surface area contributed by atoms with Crippen molar-refractivity contribution in [2.24, 2.45) is 0 Å². The van der Waals surface area contributed by atoms with E-state index in [4.69, 9.17) is 14.6 Å². The molecule has 1 aliphatic rings. The highest BCUT2D eigenvalue weighted by atomic mass is 16.5. The third kappa shape index (κ3) is 3.43. The zero-order valence-electron chi connectivity index (χ0n) is 12.0. The molecule has 2 heterocycles. The standard InChI is InChI=1S/C13H18N2O7/c1-2-21-11(18)3-7-5-15(13(20)14-12(7)19)10-4-8(17)9(6-16)22-10/h5,8-10,16-17H,2-4,6H2,1H3,(H,14,19,20)/t8-,9+,10+/m0/s1. The van der Waals surface area contributed by atoms with Gasteiger partial charge in [-0.15, -0.1) is 0 Å². The van der Waals surface area contributed by atoms with Crippen molar-refractivity contribution in [1.29, 1.82) is 0 Å². The van der Waals surface area contributed by atoms with Crippen LogP contribution in [0.5, 0.6) is 0 Å². The molecule has 1 aromatic rings. The molecule has 0 amide bonds. The lowest BCUT2D eigenvalue weighted by atomic mass is 10.2. The van der Waals surface area contributed by atoms with E-state index in [0.29, 0.717) is 0 Å². The lowest BCUT2D eigenvalue weighted by molar-refractivity contribution is -0.142. The van der Waals surface area contributed by atoms with Gasteiger partial charge in [-0.25, -0.2) is 4.79 Å². The second-order valence-electron chi connectivity index (χ2n) is 4.92. The van der Waals surface area contributed by atoms with Crippen LogP contribution in [0.2, 0.25) is 0 Å². The Balaban J connectivity index is 2.27. The van der Waals surface area contributed by atoms with E-state index < -0.39 is 35.7 Å². The Morgan fingerprint density at radius 1 is 1.55 bits per heavy atom. The molecule has 1 aliphatic heterocycles. The molecule has 0 saturated carbocycles. The first-order valence-corrected chi connectivity index (χ1v) is 6.90. The molecule has 122 valence electrons. The van der Waals surface area contributed by atoms with E-state index in [2.05, 4.69) is 4.98 Å². The summed E-state index contributed by atoms with van der Waals surface area (Å²) in [6, 6.07) is 0. The number of nitrogens with one attached hydrogen (secondary N) is 1. The molecule has 1 fully saturated rings. The van der Waals surface area contributed by atoms with Gasteiger partial charge in [-0.3, -0.25) is 19.1 Å². The highest BCUT2D eigenvalue weighted by Gasteiger charge is 2.35. The predicted molar refractivity (Wildman–Crippen MR) is 73.3 cm³/mol. The van der Waals surface area contributed by atoms with Crippen LogP contribution in [0, 0.1) is 0 Å². The van der Waals surface area contributed by atoms with E-state index in [9.17, 15) is 19.5 Å². The number of aromatic amines is 1. The van der Waals surface area contributed by atoms with Crippen LogP contribution in [0.15, 0.2) is 15.8 Å². The molecule has 0 unspecified atom stereocenters. The van der Waals surface area contributed by atoms with Crippen LogP contribution in [-0.2, 0) is 20.7 Å². The third-order valence-electron chi connectivity index (χ3n) is 3.38. The van der Waals surface area contributed by atoms with Gasteiger partial charge in [0.05, 0.1) is 25.7 Å². The molecule has 9 heteroatoms. The van der Waals surface area contributed by atoms with Crippen LogP contribution in [0.1, 0.15) is 25.1 Å². The first-order chi connectivity index (χ1) is 10.5. The number of aliphatic hydroxyl groups is 2. The van der Waals surface area contributed by atoms with E-state index in [1.165, 1.54) is 6.20 Å². The molecule has 0 aliphatic carbocycles. The quantitative estimate of drug-likeness (QED) is 0.551. The van der Waals surface area contributed by atoms with E-state index in [1.807, 2.05) is 0 Å². The summed E-state index contributed by atoms with van der Waals surface area (Å²) in [6.45, 7) is 1.45. The molecule has 22 heavy (non-hydrogen) atoms. The number of hydrogen-bond donors (Lipinski definition) is 3. The van der Waals surface area contributed by atoms with Crippen LogP contribution in [-0.4, -0.2) is 51.2 Å². The number of H-pyrrole nitrogens is 1. The number of aliphatic hydroxyl groups excluding tert-OH is 2. The minimum absolute atomic E-state index is 0.0589. The molecule has 0 spiro atoms. The first kappa shape index (κ1) is 16.4. The molecule has 1 aromatic heterocycles. The SMILES string of the molecule is CCOC(=O)Cc1cn([C@H]2C[C@H](O)[C@@H](CO)O2)c(=O)[nH]c1=O. The maximum absolute atomic E-state index is 11.9. The van der Waals surface area contributed by atoms with Crippen molar-refractivity contribution < 1.29 is 24.5 Å². The Morgan fingerprint density at radius 3 is 2.86 bits per heavy atom. The van der Waals surface area contributed by atoms with Crippen molar-refractivity contribution in [3.8, 4) is 0 Å². The van der Waals surface area contributed by atoms with Gasteiger partial charge < -0.3 is 19.7 Å². The van der Waals surface area contributed by atoms with Crippen molar-refractivity contribution in [3.05, 3.63) is 32.6 Å². The molecule has 2 rings (SSSR count). The summed E-state index contributed by atoms with van der Waals surface area (Å²) in [5, 5.41) is 18.8. The van der Waals surface area contributed by atoms with Crippen LogP contribution in [0.4, 0.5) is 0 Å². The fourth-order valence-corrected chi connectivity index (χ4v) is 2.28. The van der Waals surface area contributed by atoms with Gasteiger partial charge in [0.1, 0.15) is 12.3 Å². The normalized spacial score (nSPS) is 24.4. The number of nitrogens with zero attached hydrogens (tertiary/aromatic N) is 1. The Hall–Kier alpha value is -1.97. The zero-order chi connectivity index (χ0) is 16.3. The minimum Gasteiger partial charge on any atom is -0.466 e. The predicted octanol–water partition coefficient (Wildman–Crippen LogP) is -1.72. The number of ether oxygens (including phenoxy) is 2. The Morgan fingerprint density at radius 2 is 2.27 bits per heavy atom. The summed E-state index contributed by atoms with van der Waals surface area (Å²) in [4.78, 5) is 37.1. The molecule has 0 bridgehead atoms. The molecule has 9 nitrogen and oxygen atoms in total. The van der Waals surface area contributed by atoms with Gasteiger partial charge in [-0.2, -0.15) is 0 Å². The first-order valence-electron chi connectivity index (χ1n) is 6.90. The minimum atomic E-state index is -0.915. The number of rotatable bonds is 5. The van der Waals surface area contributed by atoms with Crippen molar-refractivity contribution in [2.45, 2.75) is 38.2 Å². The molecule has 3 N–H and O–H groups in total. The Kier molecular flexibility index (Phi) is 5.11. The Labute approximate surface area is 125 Å².